The molecule has 3 nitrogen and oxygen atoms in total. The Morgan fingerprint density at radius 3 is 2.32 bits per heavy atom. The van der Waals surface area contributed by atoms with Crippen molar-refractivity contribution in [2.75, 3.05) is 5.73 Å². The van der Waals surface area contributed by atoms with Crippen molar-refractivity contribution >= 4 is 5.82 Å². The largest absolute Gasteiger partial charge is 0.383 e. The topological polar surface area (TPSA) is 43.8 Å². The van der Waals surface area contributed by atoms with Crippen LogP contribution in [0.25, 0.3) is 11.3 Å². The molecule has 0 saturated heterocycles. The summed E-state index contributed by atoms with van der Waals surface area (Å²) in [6.07, 6.45) is 2.06. The minimum atomic E-state index is 0.795. The van der Waals surface area contributed by atoms with E-state index in [0.717, 1.165) is 36.7 Å². The van der Waals surface area contributed by atoms with Crippen LogP contribution in [0.15, 0.2) is 18.2 Å². The number of nitrogens with two attached hydrogens (primary N) is 1. The third-order valence-corrected chi connectivity index (χ3v) is 3.59. The quantitative estimate of drug-likeness (QED) is 0.907. The van der Waals surface area contributed by atoms with Gasteiger partial charge < -0.3 is 10.3 Å². The Balaban J connectivity index is 2.63. The summed E-state index contributed by atoms with van der Waals surface area (Å²) in [6, 6.07) is 6.31. The molecule has 0 amide bonds. The summed E-state index contributed by atoms with van der Waals surface area (Å²) in [6.45, 7) is 9.40. The molecule has 0 bridgehead atoms. The lowest BCUT2D eigenvalue weighted by Crippen LogP contribution is -2.05. The summed E-state index contributed by atoms with van der Waals surface area (Å²) in [4.78, 5) is 4.80. The lowest BCUT2D eigenvalue weighted by atomic mass is 10.0. The van der Waals surface area contributed by atoms with E-state index in [9.17, 15) is 0 Å². The number of rotatable bonds is 4. The second kappa shape index (κ2) is 5.47. The summed E-state index contributed by atoms with van der Waals surface area (Å²) in [5, 5.41) is 0. The zero-order valence-electron chi connectivity index (χ0n) is 12.3. The molecule has 102 valence electrons. The number of hydrogen-bond donors (Lipinski definition) is 1. The molecular weight excluding hydrogens is 234 g/mol. The zero-order chi connectivity index (χ0) is 14.0. The van der Waals surface area contributed by atoms with Crippen LogP contribution in [-0.2, 0) is 13.0 Å². The second-order valence-corrected chi connectivity index (χ2v) is 5.02. The van der Waals surface area contributed by atoms with Gasteiger partial charge in [0.1, 0.15) is 17.3 Å². The van der Waals surface area contributed by atoms with Gasteiger partial charge >= 0.3 is 0 Å². The number of aryl methyl sites for hydroxylation is 3. The van der Waals surface area contributed by atoms with Crippen LogP contribution in [0.5, 0.6) is 0 Å². The first-order chi connectivity index (χ1) is 9.10. The molecule has 2 rings (SSSR count). The van der Waals surface area contributed by atoms with Crippen LogP contribution in [0.3, 0.4) is 0 Å². The Bertz CT molecular complexity index is 562. The first-order valence-corrected chi connectivity index (χ1v) is 7.01. The number of imidazole rings is 1. The van der Waals surface area contributed by atoms with E-state index in [1.807, 2.05) is 0 Å². The number of nitrogen functional groups attached to an aromatic ring is 1. The third kappa shape index (κ3) is 2.37. The van der Waals surface area contributed by atoms with E-state index in [2.05, 4.69) is 50.5 Å². The molecule has 2 N–H and O–H groups in total. The Labute approximate surface area is 115 Å². The van der Waals surface area contributed by atoms with Gasteiger partial charge in [-0.2, -0.15) is 0 Å². The number of benzene rings is 1. The van der Waals surface area contributed by atoms with Crippen LogP contribution < -0.4 is 5.73 Å². The van der Waals surface area contributed by atoms with Crippen LogP contribution in [0, 0.1) is 13.8 Å². The molecule has 2 aromatic rings. The van der Waals surface area contributed by atoms with Gasteiger partial charge in [0.25, 0.3) is 0 Å². The highest BCUT2D eigenvalue weighted by molar-refractivity contribution is 5.76. The van der Waals surface area contributed by atoms with E-state index in [-0.39, 0.29) is 0 Å². The van der Waals surface area contributed by atoms with Crippen LogP contribution in [-0.4, -0.2) is 9.55 Å². The van der Waals surface area contributed by atoms with Gasteiger partial charge in [-0.1, -0.05) is 25.1 Å². The zero-order valence-corrected chi connectivity index (χ0v) is 12.3. The smallest absolute Gasteiger partial charge is 0.131 e. The fourth-order valence-corrected chi connectivity index (χ4v) is 2.65. The fraction of sp³-hybridized carbons (Fsp3) is 0.438. The highest BCUT2D eigenvalue weighted by Crippen LogP contribution is 2.31. The van der Waals surface area contributed by atoms with Gasteiger partial charge in [0.05, 0.1) is 0 Å². The Morgan fingerprint density at radius 1 is 1.16 bits per heavy atom. The monoisotopic (exact) mass is 257 g/mol. The average Bonchev–Trinajstić information content (AvgIpc) is 2.66. The van der Waals surface area contributed by atoms with E-state index in [4.69, 9.17) is 10.7 Å². The third-order valence-electron chi connectivity index (χ3n) is 3.59. The molecule has 1 aromatic carbocycles. The molecule has 3 heteroatoms. The highest BCUT2D eigenvalue weighted by atomic mass is 15.1. The molecule has 19 heavy (non-hydrogen) atoms. The van der Waals surface area contributed by atoms with Gasteiger partial charge in [-0.3, -0.25) is 0 Å². The summed E-state index contributed by atoms with van der Waals surface area (Å²) in [5.74, 6) is 1.89. The number of aromatic nitrogens is 2. The maximum absolute atomic E-state index is 6.32. The lowest BCUT2D eigenvalue weighted by molar-refractivity contribution is 0.690. The van der Waals surface area contributed by atoms with Crippen molar-refractivity contribution in [3.05, 3.63) is 35.2 Å². The molecular formula is C16H23N3. The number of hydrogen-bond acceptors (Lipinski definition) is 2. The number of nitrogens with zero attached hydrogens (tertiary/aromatic N) is 2. The summed E-state index contributed by atoms with van der Waals surface area (Å²) < 4.78 is 2.13. The molecule has 0 saturated carbocycles. The van der Waals surface area contributed by atoms with Crippen LogP contribution in [0.1, 0.15) is 37.2 Å². The van der Waals surface area contributed by atoms with Crippen molar-refractivity contribution in [3.8, 4) is 11.3 Å². The van der Waals surface area contributed by atoms with Crippen molar-refractivity contribution in [2.45, 2.75) is 47.1 Å². The Morgan fingerprint density at radius 2 is 1.79 bits per heavy atom. The molecule has 1 heterocycles. The fourth-order valence-electron chi connectivity index (χ4n) is 2.65. The SMILES string of the molecule is CCCc1nc(-c2c(C)cccc2C)c(N)n1CC. The van der Waals surface area contributed by atoms with Crippen molar-refractivity contribution in [3.63, 3.8) is 0 Å². The molecule has 0 unspecified atom stereocenters. The molecule has 0 atom stereocenters. The predicted octanol–water partition coefficient (Wildman–Crippen LogP) is 3.72. The van der Waals surface area contributed by atoms with Crippen LogP contribution in [0.2, 0.25) is 0 Å². The standard InChI is InChI=1S/C16H23N3/c1-5-8-13-18-15(16(17)19(13)6-2)14-11(3)9-7-10-12(14)4/h7,9-10H,5-6,8,17H2,1-4H3. The van der Waals surface area contributed by atoms with E-state index in [1.165, 1.54) is 16.7 Å². The van der Waals surface area contributed by atoms with E-state index in [1.54, 1.807) is 0 Å². The van der Waals surface area contributed by atoms with Gasteiger partial charge in [0.15, 0.2) is 0 Å². The van der Waals surface area contributed by atoms with Crippen molar-refractivity contribution in [2.24, 2.45) is 0 Å². The predicted molar refractivity (Wildman–Crippen MR) is 81.2 cm³/mol. The van der Waals surface area contributed by atoms with Gasteiger partial charge in [-0.05, 0) is 38.3 Å². The first-order valence-electron chi connectivity index (χ1n) is 7.01. The first kappa shape index (κ1) is 13.7. The Hall–Kier alpha value is -1.77. The molecule has 1 aromatic heterocycles. The second-order valence-electron chi connectivity index (χ2n) is 5.02. The number of anilines is 1. The summed E-state index contributed by atoms with van der Waals surface area (Å²) in [7, 11) is 0. The van der Waals surface area contributed by atoms with Gasteiger partial charge in [-0.15, -0.1) is 0 Å². The van der Waals surface area contributed by atoms with Gasteiger partial charge in [0.2, 0.25) is 0 Å². The van der Waals surface area contributed by atoms with Crippen molar-refractivity contribution < 1.29 is 0 Å². The normalized spacial score (nSPS) is 10.9. The molecule has 0 aliphatic rings. The summed E-state index contributed by atoms with van der Waals surface area (Å²) >= 11 is 0. The van der Waals surface area contributed by atoms with Crippen molar-refractivity contribution in [1.82, 2.24) is 9.55 Å². The van der Waals surface area contributed by atoms with E-state index >= 15 is 0 Å². The maximum atomic E-state index is 6.32. The van der Waals surface area contributed by atoms with Gasteiger partial charge in [-0.25, -0.2) is 4.98 Å². The van der Waals surface area contributed by atoms with Gasteiger partial charge in [0, 0.05) is 18.5 Å². The van der Waals surface area contributed by atoms with Crippen LogP contribution >= 0.6 is 0 Å². The molecule has 0 aliphatic carbocycles. The maximum Gasteiger partial charge on any atom is 0.131 e. The minimum Gasteiger partial charge on any atom is -0.383 e. The van der Waals surface area contributed by atoms with Crippen molar-refractivity contribution in [1.29, 1.82) is 0 Å². The van der Waals surface area contributed by atoms with E-state index in [0.29, 0.717) is 0 Å². The molecule has 0 radical (unpaired) electrons. The molecule has 0 aliphatic heterocycles. The summed E-state index contributed by atoms with van der Waals surface area (Å²) in [5.41, 5.74) is 10.9. The Kier molecular flexibility index (Phi) is 3.93. The van der Waals surface area contributed by atoms with E-state index < -0.39 is 0 Å². The molecule has 0 fully saturated rings. The molecule has 0 spiro atoms. The lowest BCUT2D eigenvalue weighted by Gasteiger charge is -2.09. The minimum absolute atomic E-state index is 0.795. The average molecular weight is 257 g/mol. The highest BCUT2D eigenvalue weighted by Gasteiger charge is 2.17. The van der Waals surface area contributed by atoms with Crippen LogP contribution in [0.4, 0.5) is 5.82 Å².